The van der Waals surface area contributed by atoms with E-state index in [0.717, 1.165) is 13.1 Å². The Balaban J connectivity index is 1.96. The van der Waals surface area contributed by atoms with Crippen LogP contribution in [-0.2, 0) is 11.3 Å². The molecule has 0 aliphatic carbocycles. The smallest absolute Gasteiger partial charge is 0.0579 e. The Bertz CT molecular complexity index is 407. The van der Waals surface area contributed by atoms with Crippen LogP contribution in [0.5, 0.6) is 0 Å². The summed E-state index contributed by atoms with van der Waals surface area (Å²) < 4.78 is 5.23. The highest BCUT2D eigenvalue weighted by Gasteiger charge is 2.38. The van der Waals surface area contributed by atoms with Crippen molar-refractivity contribution in [1.82, 2.24) is 4.90 Å². The van der Waals surface area contributed by atoms with Crippen LogP contribution in [-0.4, -0.2) is 43.4 Å². The fourth-order valence-electron chi connectivity index (χ4n) is 2.57. The van der Waals surface area contributed by atoms with E-state index in [2.05, 4.69) is 44.0 Å². The average Bonchev–Trinajstić information content (AvgIpc) is 2.27. The lowest BCUT2D eigenvalue weighted by Gasteiger charge is -2.42. The molecular weight excluding hydrogens is 226 g/mol. The third-order valence-corrected chi connectivity index (χ3v) is 3.70. The van der Waals surface area contributed by atoms with Crippen molar-refractivity contribution in [3.05, 3.63) is 34.9 Å². The van der Waals surface area contributed by atoms with Gasteiger partial charge in [-0.15, -0.1) is 0 Å². The first kappa shape index (κ1) is 13.5. The van der Waals surface area contributed by atoms with Gasteiger partial charge in [-0.05, 0) is 32.0 Å². The lowest BCUT2D eigenvalue weighted by molar-refractivity contribution is -0.147. The minimum atomic E-state index is -0.0344. The summed E-state index contributed by atoms with van der Waals surface area (Å²) in [6.45, 7) is 7.66. The summed E-state index contributed by atoms with van der Waals surface area (Å²) in [6.07, 6.45) is 0. The number of aliphatic hydroxyl groups excluding tert-OH is 1. The van der Waals surface area contributed by atoms with Crippen molar-refractivity contribution in [2.24, 2.45) is 5.41 Å². The molecule has 1 fully saturated rings. The highest BCUT2D eigenvalue weighted by atomic mass is 16.5. The molecule has 3 heteroatoms. The van der Waals surface area contributed by atoms with Crippen molar-refractivity contribution in [3.8, 4) is 0 Å². The van der Waals surface area contributed by atoms with Gasteiger partial charge in [0.05, 0.1) is 25.2 Å². The molecule has 1 aromatic rings. The van der Waals surface area contributed by atoms with Crippen molar-refractivity contribution in [1.29, 1.82) is 0 Å². The van der Waals surface area contributed by atoms with Crippen LogP contribution in [0.15, 0.2) is 18.2 Å². The Labute approximate surface area is 109 Å². The molecule has 0 bridgehead atoms. The van der Waals surface area contributed by atoms with Gasteiger partial charge >= 0.3 is 0 Å². The van der Waals surface area contributed by atoms with Crippen LogP contribution in [0.2, 0.25) is 0 Å². The third-order valence-electron chi connectivity index (χ3n) is 3.70. The fourth-order valence-corrected chi connectivity index (χ4v) is 2.57. The maximum Gasteiger partial charge on any atom is 0.0579 e. The lowest BCUT2D eigenvalue weighted by Crippen LogP contribution is -2.52. The number of aryl methyl sites for hydroxylation is 2. The molecule has 1 heterocycles. The van der Waals surface area contributed by atoms with E-state index in [9.17, 15) is 5.11 Å². The molecule has 100 valence electrons. The number of ether oxygens (including phenoxy) is 1. The van der Waals surface area contributed by atoms with E-state index >= 15 is 0 Å². The summed E-state index contributed by atoms with van der Waals surface area (Å²) in [5.74, 6) is 0. The molecule has 3 nitrogen and oxygen atoms in total. The summed E-state index contributed by atoms with van der Waals surface area (Å²) in [7, 11) is 2.11. The van der Waals surface area contributed by atoms with Crippen molar-refractivity contribution in [2.75, 3.05) is 33.4 Å². The van der Waals surface area contributed by atoms with Gasteiger partial charge in [-0.3, -0.25) is 0 Å². The van der Waals surface area contributed by atoms with Crippen LogP contribution < -0.4 is 0 Å². The van der Waals surface area contributed by atoms with Crippen molar-refractivity contribution >= 4 is 0 Å². The molecule has 2 rings (SSSR count). The Morgan fingerprint density at radius 2 is 2.06 bits per heavy atom. The summed E-state index contributed by atoms with van der Waals surface area (Å²) in [5, 5.41) is 9.44. The van der Waals surface area contributed by atoms with Crippen LogP contribution in [0, 0.1) is 19.3 Å². The van der Waals surface area contributed by atoms with Crippen LogP contribution in [0.1, 0.15) is 16.7 Å². The van der Waals surface area contributed by atoms with Crippen LogP contribution in [0.25, 0.3) is 0 Å². The zero-order valence-corrected chi connectivity index (χ0v) is 11.6. The number of hydrogen-bond donors (Lipinski definition) is 1. The number of hydrogen-bond acceptors (Lipinski definition) is 3. The summed E-state index contributed by atoms with van der Waals surface area (Å²) >= 11 is 0. The van der Waals surface area contributed by atoms with E-state index in [1.165, 1.54) is 16.7 Å². The van der Waals surface area contributed by atoms with E-state index in [4.69, 9.17) is 4.74 Å². The largest absolute Gasteiger partial charge is 0.396 e. The predicted molar refractivity (Wildman–Crippen MR) is 72.6 cm³/mol. The van der Waals surface area contributed by atoms with Gasteiger partial charge in [0.15, 0.2) is 0 Å². The van der Waals surface area contributed by atoms with Crippen molar-refractivity contribution in [3.63, 3.8) is 0 Å². The Kier molecular flexibility index (Phi) is 4.05. The summed E-state index contributed by atoms with van der Waals surface area (Å²) in [4.78, 5) is 2.27. The number of aliphatic hydroxyl groups is 1. The predicted octanol–water partition coefficient (Wildman–Crippen LogP) is 1.74. The SMILES string of the molecule is Cc1ccc(CN(C)CC2(CO)COC2)c(C)c1. The van der Waals surface area contributed by atoms with Gasteiger partial charge in [0.2, 0.25) is 0 Å². The molecule has 0 saturated carbocycles. The van der Waals surface area contributed by atoms with Crippen LogP contribution in [0.4, 0.5) is 0 Å². The molecule has 1 aromatic carbocycles. The summed E-state index contributed by atoms with van der Waals surface area (Å²) in [5.41, 5.74) is 3.96. The Morgan fingerprint density at radius 1 is 1.33 bits per heavy atom. The van der Waals surface area contributed by atoms with Gasteiger partial charge in [-0.2, -0.15) is 0 Å². The second-order valence-electron chi connectivity index (χ2n) is 5.75. The molecule has 0 unspecified atom stereocenters. The third kappa shape index (κ3) is 2.91. The first-order valence-electron chi connectivity index (χ1n) is 6.48. The second-order valence-corrected chi connectivity index (χ2v) is 5.75. The minimum absolute atomic E-state index is 0.0344. The van der Waals surface area contributed by atoms with E-state index in [1.807, 2.05) is 0 Å². The van der Waals surface area contributed by atoms with E-state index in [0.29, 0.717) is 13.2 Å². The highest BCUT2D eigenvalue weighted by Crippen LogP contribution is 2.28. The fraction of sp³-hybridized carbons (Fsp3) is 0.600. The average molecular weight is 249 g/mol. The van der Waals surface area contributed by atoms with Crippen molar-refractivity contribution in [2.45, 2.75) is 20.4 Å². The molecule has 0 spiro atoms. The maximum atomic E-state index is 9.44. The molecule has 1 aliphatic heterocycles. The van der Waals surface area contributed by atoms with Gasteiger partial charge in [0.25, 0.3) is 0 Å². The van der Waals surface area contributed by atoms with E-state index in [-0.39, 0.29) is 12.0 Å². The quantitative estimate of drug-likeness (QED) is 0.863. The standard InChI is InChI=1S/C15H23NO2/c1-12-4-5-14(13(2)6-12)7-16(3)8-15(9-17)10-18-11-15/h4-6,17H,7-11H2,1-3H3. The molecule has 18 heavy (non-hydrogen) atoms. The molecule has 1 N–H and O–H groups in total. The normalized spacial score (nSPS) is 17.8. The first-order chi connectivity index (χ1) is 8.54. The van der Waals surface area contributed by atoms with Gasteiger partial charge in [-0.1, -0.05) is 23.8 Å². The molecule has 1 saturated heterocycles. The van der Waals surface area contributed by atoms with E-state index < -0.39 is 0 Å². The lowest BCUT2D eigenvalue weighted by atomic mass is 9.86. The van der Waals surface area contributed by atoms with Gasteiger partial charge in [-0.25, -0.2) is 0 Å². The number of rotatable bonds is 5. The monoisotopic (exact) mass is 249 g/mol. The Hall–Kier alpha value is -0.900. The number of nitrogens with zero attached hydrogens (tertiary/aromatic N) is 1. The molecule has 0 atom stereocenters. The summed E-state index contributed by atoms with van der Waals surface area (Å²) in [6, 6.07) is 6.58. The molecular formula is C15H23NO2. The van der Waals surface area contributed by atoms with E-state index in [1.54, 1.807) is 0 Å². The molecule has 0 amide bonds. The molecule has 0 aromatic heterocycles. The highest BCUT2D eigenvalue weighted by molar-refractivity contribution is 5.30. The van der Waals surface area contributed by atoms with Gasteiger partial charge in [0, 0.05) is 13.1 Å². The molecule has 0 radical (unpaired) electrons. The Morgan fingerprint density at radius 3 is 2.56 bits per heavy atom. The van der Waals surface area contributed by atoms with Crippen LogP contribution >= 0.6 is 0 Å². The van der Waals surface area contributed by atoms with Gasteiger partial charge in [0.1, 0.15) is 0 Å². The zero-order valence-electron chi connectivity index (χ0n) is 11.6. The maximum absolute atomic E-state index is 9.44. The first-order valence-corrected chi connectivity index (χ1v) is 6.48. The topological polar surface area (TPSA) is 32.7 Å². The molecule has 1 aliphatic rings. The van der Waals surface area contributed by atoms with Gasteiger partial charge < -0.3 is 14.7 Å². The zero-order chi connectivity index (χ0) is 13.2. The minimum Gasteiger partial charge on any atom is -0.396 e. The van der Waals surface area contributed by atoms with Crippen molar-refractivity contribution < 1.29 is 9.84 Å². The number of benzene rings is 1. The van der Waals surface area contributed by atoms with Crippen LogP contribution in [0.3, 0.4) is 0 Å². The second kappa shape index (κ2) is 5.39.